The molecule has 1 aliphatic carbocycles. The van der Waals surface area contributed by atoms with Crippen LogP contribution in [0, 0.1) is 6.92 Å². The number of hydrogen-bond donors (Lipinski definition) is 1. The van der Waals surface area contributed by atoms with Crippen molar-refractivity contribution in [2.75, 3.05) is 13.1 Å². The molecule has 2 fully saturated rings. The third kappa shape index (κ3) is 5.33. The molecule has 0 spiro atoms. The zero-order valence-electron chi connectivity index (χ0n) is 22.7. The maximum absolute atomic E-state index is 12.1. The highest BCUT2D eigenvalue weighted by atomic mass is 35.5. The minimum absolute atomic E-state index is 0.180. The summed E-state index contributed by atoms with van der Waals surface area (Å²) in [6.07, 6.45) is 4.71. The van der Waals surface area contributed by atoms with Crippen molar-refractivity contribution < 1.29 is 19.4 Å². The van der Waals surface area contributed by atoms with E-state index in [0.29, 0.717) is 65.3 Å². The standard InChI is InChI=1S/C29H31ClN6O4/c1-17-6-10-31-19(12-17)14-36-25(34-24-26(36)32-16-33-27(24)40-29(3)8-9-29)22-5-4-20(13-23(22)30)39-21-7-11-35(15-21)28(38)18(2)37/h4-6,10,12-13,16,18,21,37H,7-9,11,14-15H2,1-3H3/t18-,21+/m1/s1. The van der Waals surface area contributed by atoms with E-state index >= 15 is 0 Å². The first-order valence-electron chi connectivity index (χ1n) is 13.4. The number of aliphatic hydroxyl groups is 1. The number of rotatable bonds is 8. The number of pyridine rings is 1. The molecule has 4 aromatic rings. The smallest absolute Gasteiger partial charge is 0.251 e. The summed E-state index contributed by atoms with van der Waals surface area (Å²) in [5.74, 6) is 1.38. The van der Waals surface area contributed by atoms with E-state index in [-0.39, 0.29) is 17.6 Å². The van der Waals surface area contributed by atoms with Gasteiger partial charge in [0.15, 0.2) is 11.2 Å². The second-order valence-electron chi connectivity index (χ2n) is 10.9. The van der Waals surface area contributed by atoms with Gasteiger partial charge < -0.3 is 24.0 Å². The molecule has 2 aliphatic rings. The molecule has 6 rings (SSSR count). The average molecular weight is 563 g/mol. The molecule has 1 saturated heterocycles. The maximum Gasteiger partial charge on any atom is 0.251 e. The first kappa shape index (κ1) is 26.5. The van der Waals surface area contributed by atoms with Crippen LogP contribution in [-0.4, -0.2) is 71.3 Å². The number of carbonyl (C=O) groups excluding carboxylic acids is 1. The Bertz CT molecular complexity index is 1580. The number of nitrogens with zero attached hydrogens (tertiary/aromatic N) is 6. The van der Waals surface area contributed by atoms with Crippen molar-refractivity contribution in [2.24, 2.45) is 0 Å². The molecule has 1 aromatic carbocycles. The van der Waals surface area contributed by atoms with Crippen molar-refractivity contribution in [3.63, 3.8) is 0 Å². The summed E-state index contributed by atoms with van der Waals surface area (Å²) in [4.78, 5) is 32.2. The van der Waals surface area contributed by atoms with Crippen LogP contribution in [0.2, 0.25) is 5.02 Å². The highest BCUT2D eigenvalue weighted by molar-refractivity contribution is 6.33. The van der Waals surface area contributed by atoms with Crippen LogP contribution in [0.25, 0.3) is 22.6 Å². The SMILES string of the molecule is Cc1ccnc(Cn2c(-c3ccc(O[C@H]4CCN(C(=O)[C@@H](C)O)C4)cc3Cl)nc3c(OC4(C)CC4)ncnc32)c1. The molecular formula is C29H31ClN6O4. The topological polar surface area (TPSA) is 115 Å². The van der Waals surface area contributed by atoms with Crippen molar-refractivity contribution in [1.29, 1.82) is 0 Å². The number of amides is 1. The van der Waals surface area contributed by atoms with E-state index in [9.17, 15) is 9.90 Å². The predicted molar refractivity (Wildman–Crippen MR) is 149 cm³/mol. The van der Waals surface area contributed by atoms with E-state index in [1.807, 2.05) is 35.8 Å². The molecular weight excluding hydrogens is 532 g/mol. The lowest BCUT2D eigenvalue weighted by molar-refractivity contribution is -0.138. The second-order valence-corrected chi connectivity index (χ2v) is 11.3. The quantitative estimate of drug-likeness (QED) is 0.340. The molecule has 208 valence electrons. The maximum atomic E-state index is 12.1. The number of hydrogen-bond acceptors (Lipinski definition) is 8. The number of likely N-dealkylation sites (tertiary alicyclic amines) is 1. The number of aromatic nitrogens is 5. The van der Waals surface area contributed by atoms with Crippen molar-refractivity contribution in [1.82, 2.24) is 29.4 Å². The van der Waals surface area contributed by atoms with Gasteiger partial charge in [-0.1, -0.05) is 11.6 Å². The van der Waals surface area contributed by atoms with E-state index in [4.69, 9.17) is 26.1 Å². The molecule has 2 atom stereocenters. The number of carbonyl (C=O) groups is 1. The third-order valence-corrected chi connectivity index (χ3v) is 7.70. The molecule has 3 aromatic heterocycles. The first-order chi connectivity index (χ1) is 19.2. The van der Waals surface area contributed by atoms with Crippen LogP contribution in [-0.2, 0) is 11.3 Å². The molecule has 1 aliphatic heterocycles. The first-order valence-corrected chi connectivity index (χ1v) is 13.8. The number of aryl methyl sites for hydroxylation is 1. The summed E-state index contributed by atoms with van der Waals surface area (Å²) in [5.41, 5.74) is 3.66. The van der Waals surface area contributed by atoms with Crippen molar-refractivity contribution in [3.05, 3.63) is 59.1 Å². The van der Waals surface area contributed by atoms with Crippen molar-refractivity contribution in [3.8, 4) is 23.0 Å². The predicted octanol–water partition coefficient (Wildman–Crippen LogP) is 4.19. The molecule has 10 nitrogen and oxygen atoms in total. The van der Waals surface area contributed by atoms with Gasteiger partial charge in [-0.3, -0.25) is 9.78 Å². The second kappa shape index (κ2) is 10.3. The lowest BCUT2D eigenvalue weighted by Gasteiger charge is -2.19. The van der Waals surface area contributed by atoms with E-state index in [1.165, 1.54) is 13.3 Å². The van der Waals surface area contributed by atoms with Gasteiger partial charge >= 0.3 is 0 Å². The van der Waals surface area contributed by atoms with Crippen LogP contribution in [0.1, 0.15) is 44.4 Å². The van der Waals surface area contributed by atoms with Gasteiger partial charge in [-0.2, -0.15) is 4.98 Å². The van der Waals surface area contributed by atoms with Gasteiger partial charge in [0.25, 0.3) is 5.91 Å². The van der Waals surface area contributed by atoms with Crippen LogP contribution < -0.4 is 9.47 Å². The van der Waals surface area contributed by atoms with Gasteiger partial charge in [0.2, 0.25) is 5.88 Å². The van der Waals surface area contributed by atoms with Gasteiger partial charge in [0, 0.05) is 24.7 Å². The molecule has 40 heavy (non-hydrogen) atoms. The zero-order valence-corrected chi connectivity index (χ0v) is 23.4. The van der Waals surface area contributed by atoms with E-state index < -0.39 is 6.10 Å². The summed E-state index contributed by atoms with van der Waals surface area (Å²) in [6.45, 7) is 6.97. The number of fused-ring (bicyclic) bond motifs is 1. The van der Waals surface area contributed by atoms with Gasteiger partial charge in [-0.25, -0.2) is 9.97 Å². The number of imidazole rings is 1. The Morgan fingerprint density at radius 3 is 2.77 bits per heavy atom. The summed E-state index contributed by atoms with van der Waals surface area (Å²) < 4.78 is 14.4. The van der Waals surface area contributed by atoms with Gasteiger partial charge in [-0.15, -0.1) is 0 Å². The Labute approximate surface area is 237 Å². The molecule has 1 saturated carbocycles. The number of halogens is 1. The normalized spacial score (nSPS) is 18.6. The highest BCUT2D eigenvalue weighted by Gasteiger charge is 2.41. The number of benzene rings is 1. The molecule has 1 amide bonds. The summed E-state index contributed by atoms with van der Waals surface area (Å²) in [7, 11) is 0. The van der Waals surface area contributed by atoms with Gasteiger partial charge in [0.05, 0.1) is 23.8 Å². The van der Waals surface area contributed by atoms with Gasteiger partial charge in [-0.05, 0) is 69.5 Å². The number of ether oxygens (including phenoxy) is 2. The summed E-state index contributed by atoms with van der Waals surface area (Å²) >= 11 is 6.84. The monoisotopic (exact) mass is 562 g/mol. The van der Waals surface area contributed by atoms with Crippen LogP contribution >= 0.6 is 11.6 Å². The molecule has 0 bridgehead atoms. The fourth-order valence-electron chi connectivity index (χ4n) is 4.94. The average Bonchev–Trinajstić information content (AvgIpc) is 3.29. The van der Waals surface area contributed by atoms with E-state index in [0.717, 1.165) is 24.1 Å². The van der Waals surface area contributed by atoms with Crippen LogP contribution in [0.5, 0.6) is 11.6 Å². The van der Waals surface area contributed by atoms with Crippen LogP contribution in [0.4, 0.5) is 0 Å². The van der Waals surface area contributed by atoms with Crippen LogP contribution in [0.15, 0.2) is 42.9 Å². The highest BCUT2D eigenvalue weighted by Crippen LogP contribution is 2.41. The Morgan fingerprint density at radius 2 is 2.05 bits per heavy atom. The van der Waals surface area contributed by atoms with Crippen molar-refractivity contribution >= 4 is 28.7 Å². The van der Waals surface area contributed by atoms with Gasteiger partial charge in [0.1, 0.15) is 35.7 Å². The molecule has 11 heteroatoms. The fourth-order valence-corrected chi connectivity index (χ4v) is 5.19. The van der Waals surface area contributed by atoms with Crippen molar-refractivity contribution in [2.45, 2.75) is 64.4 Å². The minimum Gasteiger partial charge on any atom is -0.488 e. The van der Waals surface area contributed by atoms with E-state index in [2.05, 4.69) is 21.9 Å². The minimum atomic E-state index is -1.02. The molecule has 1 N–H and O–H groups in total. The zero-order chi connectivity index (χ0) is 28.0. The third-order valence-electron chi connectivity index (χ3n) is 7.39. The van der Waals surface area contributed by atoms with Crippen LogP contribution in [0.3, 0.4) is 0 Å². The Hall–Kier alpha value is -3.76. The number of aliphatic hydroxyl groups excluding tert-OH is 1. The molecule has 4 heterocycles. The fraction of sp³-hybridized carbons (Fsp3) is 0.414. The lowest BCUT2D eigenvalue weighted by atomic mass is 10.2. The van der Waals surface area contributed by atoms with E-state index in [1.54, 1.807) is 17.2 Å². The summed E-state index contributed by atoms with van der Waals surface area (Å²) in [5, 5.41) is 10.1. The molecule has 0 unspecified atom stereocenters. The largest absolute Gasteiger partial charge is 0.488 e. The Kier molecular flexibility index (Phi) is 6.83. The molecule has 0 radical (unpaired) electrons. The Balaban J connectivity index is 1.33. The summed E-state index contributed by atoms with van der Waals surface area (Å²) in [6, 6.07) is 9.48. The Morgan fingerprint density at radius 1 is 1.23 bits per heavy atom. The lowest BCUT2D eigenvalue weighted by Crippen LogP contribution is -2.37.